The number of benzene rings is 1. The van der Waals surface area contributed by atoms with E-state index >= 15 is 0 Å². The smallest absolute Gasteiger partial charge is 0.383 e. The second-order valence-electron chi connectivity index (χ2n) is 5.23. The molecule has 0 unspecified atom stereocenters. The molecule has 120 valence electrons. The number of halogens is 4. The summed E-state index contributed by atoms with van der Waals surface area (Å²) >= 11 is 0. The number of hydrogen-bond donors (Lipinski definition) is 1. The molecule has 1 N–H and O–H groups in total. The Hall–Kier alpha value is -0.940. The Morgan fingerprint density at radius 1 is 1.00 bits per heavy atom. The van der Waals surface area contributed by atoms with E-state index in [2.05, 4.69) is 10.2 Å². The van der Waals surface area contributed by atoms with Gasteiger partial charge in [-0.15, -0.1) is 12.4 Å². The van der Waals surface area contributed by atoms with Crippen LogP contribution in [0, 0.1) is 0 Å². The molecule has 2 rings (SSSR count). The molecule has 1 aliphatic heterocycles. The lowest BCUT2D eigenvalue weighted by atomic mass is 10.1. The molecular weight excluding hydrogens is 301 g/mol. The van der Waals surface area contributed by atoms with E-state index in [9.17, 15) is 13.2 Å². The molecule has 1 fully saturated rings. The Labute approximate surface area is 130 Å². The molecule has 0 amide bonds. The number of rotatable bonds is 4. The van der Waals surface area contributed by atoms with E-state index in [4.69, 9.17) is 0 Å². The van der Waals surface area contributed by atoms with Gasteiger partial charge in [-0.2, -0.15) is 13.2 Å². The molecule has 0 radical (unpaired) electrons. The van der Waals surface area contributed by atoms with Crippen molar-refractivity contribution in [3.8, 4) is 0 Å². The monoisotopic (exact) mass is 322 g/mol. The highest BCUT2D eigenvalue weighted by atomic mass is 35.5. The fourth-order valence-corrected chi connectivity index (χ4v) is 2.59. The Bertz CT molecular complexity index is 416. The molecule has 2 nitrogen and oxygen atoms in total. The summed E-state index contributed by atoms with van der Waals surface area (Å²) in [6, 6.07) is 5.66. The minimum atomic E-state index is -4.30. The summed E-state index contributed by atoms with van der Waals surface area (Å²) in [7, 11) is 0. The Morgan fingerprint density at radius 2 is 1.62 bits per heavy atom. The first-order chi connectivity index (χ1) is 9.57. The molecular formula is C15H22ClF3N2. The molecule has 0 bridgehead atoms. The predicted molar refractivity (Wildman–Crippen MR) is 82.1 cm³/mol. The summed E-state index contributed by atoms with van der Waals surface area (Å²) in [6.45, 7) is 3.46. The summed E-state index contributed by atoms with van der Waals surface area (Å²) in [6.07, 6.45) is 0.617. The lowest BCUT2D eigenvalue weighted by Gasteiger charge is -2.21. The summed E-state index contributed by atoms with van der Waals surface area (Å²) < 4.78 is 38.5. The third-order valence-corrected chi connectivity index (χ3v) is 3.67. The van der Waals surface area contributed by atoms with Gasteiger partial charge in [0, 0.05) is 18.8 Å². The van der Waals surface area contributed by atoms with Crippen molar-refractivity contribution in [3.05, 3.63) is 29.8 Å². The maximum absolute atomic E-state index is 12.8. The van der Waals surface area contributed by atoms with Gasteiger partial charge < -0.3 is 10.2 Å². The van der Waals surface area contributed by atoms with E-state index in [1.807, 2.05) is 0 Å². The SMILES string of the molecule is Cl.FC(F)(F)c1ccccc1NCCN1CCCCCC1. The quantitative estimate of drug-likeness (QED) is 0.883. The van der Waals surface area contributed by atoms with Gasteiger partial charge in [-0.3, -0.25) is 0 Å². The number of nitrogens with zero attached hydrogens (tertiary/aromatic N) is 1. The maximum atomic E-state index is 12.8. The third-order valence-electron chi connectivity index (χ3n) is 3.67. The van der Waals surface area contributed by atoms with Gasteiger partial charge in [-0.25, -0.2) is 0 Å². The second-order valence-corrected chi connectivity index (χ2v) is 5.23. The van der Waals surface area contributed by atoms with Gasteiger partial charge in [-0.1, -0.05) is 25.0 Å². The Balaban J connectivity index is 0.00000220. The lowest BCUT2D eigenvalue weighted by Crippen LogP contribution is -2.30. The molecule has 6 heteroatoms. The molecule has 1 aromatic rings. The number of likely N-dealkylation sites (tertiary alicyclic amines) is 1. The molecule has 1 saturated heterocycles. The van der Waals surface area contributed by atoms with Gasteiger partial charge in [-0.05, 0) is 38.1 Å². The molecule has 0 saturated carbocycles. The van der Waals surface area contributed by atoms with Gasteiger partial charge >= 0.3 is 6.18 Å². The van der Waals surface area contributed by atoms with E-state index in [1.165, 1.54) is 37.8 Å². The first-order valence-electron chi connectivity index (χ1n) is 7.20. The van der Waals surface area contributed by atoms with Crippen molar-refractivity contribution in [2.45, 2.75) is 31.9 Å². The molecule has 0 aromatic heterocycles. The van der Waals surface area contributed by atoms with Crippen LogP contribution in [0.4, 0.5) is 18.9 Å². The average molecular weight is 323 g/mol. The first kappa shape index (κ1) is 18.1. The fourth-order valence-electron chi connectivity index (χ4n) is 2.59. The minimum Gasteiger partial charge on any atom is -0.383 e. The van der Waals surface area contributed by atoms with E-state index in [0.29, 0.717) is 6.54 Å². The molecule has 0 atom stereocenters. The summed E-state index contributed by atoms with van der Waals surface area (Å²) in [5.74, 6) is 0. The van der Waals surface area contributed by atoms with E-state index in [0.717, 1.165) is 25.7 Å². The third kappa shape index (κ3) is 5.75. The fraction of sp³-hybridized carbons (Fsp3) is 0.600. The summed E-state index contributed by atoms with van der Waals surface area (Å²) in [4.78, 5) is 2.33. The van der Waals surface area contributed by atoms with Crippen LogP contribution in [0.3, 0.4) is 0 Å². The van der Waals surface area contributed by atoms with Gasteiger partial charge in [0.25, 0.3) is 0 Å². The topological polar surface area (TPSA) is 15.3 Å². The van der Waals surface area contributed by atoms with Gasteiger partial charge in [0.2, 0.25) is 0 Å². The number of alkyl halides is 3. The van der Waals surface area contributed by atoms with Gasteiger partial charge in [0.05, 0.1) is 5.56 Å². The number of hydrogen-bond acceptors (Lipinski definition) is 2. The predicted octanol–water partition coefficient (Wildman–Crippen LogP) is 4.42. The normalized spacial score (nSPS) is 16.9. The highest BCUT2D eigenvalue weighted by Crippen LogP contribution is 2.34. The van der Waals surface area contributed by atoms with Gasteiger partial charge in [0.15, 0.2) is 0 Å². The van der Waals surface area contributed by atoms with E-state index < -0.39 is 11.7 Å². The zero-order valence-electron chi connectivity index (χ0n) is 12.0. The van der Waals surface area contributed by atoms with Crippen LogP contribution < -0.4 is 5.32 Å². The van der Waals surface area contributed by atoms with Crippen LogP contribution in [0.15, 0.2) is 24.3 Å². The molecule has 0 aliphatic carbocycles. The van der Waals surface area contributed by atoms with Crippen LogP contribution in [0.2, 0.25) is 0 Å². The molecule has 21 heavy (non-hydrogen) atoms. The van der Waals surface area contributed by atoms with E-state index in [-0.39, 0.29) is 18.1 Å². The van der Waals surface area contributed by atoms with Crippen LogP contribution in [0.5, 0.6) is 0 Å². The molecule has 1 aromatic carbocycles. The van der Waals surface area contributed by atoms with Crippen LogP contribution in [-0.4, -0.2) is 31.1 Å². The molecule has 1 aliphatic rings. The van der Waals surface area contributed by atoms with Crippen molar-refractivity contribution < 1.29 is 13.2 Å². The van der Waals surface area contributed by atoms with Crippen molar-refractivity contribution in [3.63, 3.8) is 0 Å². The summed E-state index contributed by atoms with van der Waals surface area (Å²) in [5.41, 5.74) is -0.411. The molecule has 0 spiro atoms. The zero-order chi connectivity index (χ0) is 14.4. The highest BCUT2D eigenvalue weighted by molar-refractivity contribution is 5.85. The molecule has 1 heterocycles. The second kappa shape index (κ2) is 8.49. The van der Waals surface area contributed by atoms with Crippen LogP contribution in [-0.2, 0) is 6.18 Å². The van der Waals surface area contributed by atoms with Crippen molar-refractivity contribution in [1.29, 1.82) is 0 Å². The zero-order valence-corrected chi connectivity index (χ0v) is 12.8. The average Bonchev–Trinajstić information content (AvgIpc) is 2.67. The first-order valence-corrected chi connectivity index (χ1v) is 7.20. The number of nitrogens with one attached hydrogen (secondary N) is 1. The van der Waals surface area contributed by atoms with Crippen molar-refractivity contribution in [1.82, 2.24) is 4.90 Å². The number of anilines is 1. The van der Waals surface area contributed by atoms with Gasteiger partial charge in [0.1, 0.15) is 0 Å². The summed E-state index contributed by atoms with van der Waals surface area (Å²) in [5, 5.41) is 2.93. The maximum Gasteiger partial charge on any atom is 0.418 e. The Kier molecular flexibility index (Phi) is 7.32. The van der Waals surface area contributed by atoms with Crippen LogP contribution in [0.25, 0.3) is 0 Å². The minimum absolute atomic E-state index is 0. The largest absolute Gasteiger partial charge is 0.418 e. The van der Waals surface area contributed by atoms with Crippen molar-refractivity contribution >= 4 is 18.1 Å². The van der Waals surface area contributed by atoms with E-state index in [1.54, 1.807) is 6.07 Å². The lowest BCUT2D eigenvalue weighted by molar-refractivity contribution is -0.136. The van der Waals surface area contributed by atoms with Crippen molar-refractivity contribution in [2.75, 3.05) is 31.5 Å². The van der Waals surface area contributed by atoms with Crippen molar-refractivity contribution in [2.24, 2.45) is 0 Å². The van der Waals surface area contributed by atoms with Crippen LogP contribution >= 0.6 is 12.4 Å². The Morgan fingerprint density at radius 3 is 2.24 bits per heavy atom. The highest BCUT2D eigenvalue weighted by Gasteiger charge is 2.32. The standard InChI is InChI=1S/C15H21F3N2.ClH/c16-15(17,18)13-7-3-4-8-14(13)19-9-12-20-10-5-1-2-6-11-20;/h3-4,7-8,19H,1-2,5-6,9-12H2;1H. The number of para-hydroxylation sites is 1. The van der Waals surface area contributed by atoms with Crippen LogP contribution in [0.1, 0.15) is 31.2 Å².